The summed E-state index contributed by atoms with van der Waals surface area (Å²) in [5, 5.41) is 8.97. The van der Waals surface area contributed by atoms with E-state index in [2.05, 4.69) is 5.43 Å². The standard InChI is InChI=1S/C10H12N2O2S/c13-10(14)8-4-1-2-5-9(8)11-12-6-3-7-15-12/h1-2,4-5,11H,3,6-7H2,(H,13,14). The number of carboxylic acids is 1. The van der Waals surface area contributed by atoms with E-state index in [1.54, 1.807) is 30.1 Å². The number of rotatable bonds is 3. The topological polar surface area (TPSA) is 52.6 Å². The number of para-hydroxylation sites is 1. The maximum atomic E-state index is 10.9. The van der Waals surface area contributed by atoms with Crippen molar-refractivity contribution in [2.24, 2.45) is 0 Å². The van der Waals surface area contributed by atoms with E-state index >= 15 is 0 Å². The molecule has 1 saturated heterocycles. The molecule has 0 bridgehead atoms. The summed E-state index contributed by atoms with van der Waals surface area (Å²) in [7, 11) is 0. The molecular formula is C10H12N2O2S. The van der Waals surface area contributed by atoms with Crippen LogP contribution in [0.1, 0.15) is 16.8 Å². The minimum Gasteiger partial charge on any atom is -0.478 e. The van der Waals surface area contributed by atoms with Gasteiger partial charge in [0.2, 0.25) is 0 Å². The number of carbonyl (C=O) groups is 1. The SMILES string of the molecule is O=C(O)c1ccccc1NN1CCCS1. The van der Waals surface area contributed by atoms with Gasteiger partial charge >= 0.3 is 5.97 Å². The number of aromatic carboxylic acids is 1. The summed E-state index contributed by atoms with van der Waals surface area (Å²) in [5.41, 5.74) is 4.07. The molecule has 1 aromatic rings. The summed E-state index contributed by atoms with van der Waals surface area (Å²) < 4.78 is 1.97. The molecule has 0 spiro atoms. The summed E-state index contributed by atoms with van der Waals surface area (Å²) >= 11 is 1.69. The van der Waals surface area contributed by atoms with Crippen molar-refractivity contribution in [3.8, 4) is 0 Å². The van der Waals surface area contributed by atoms with Crippen LogP contribution in [0.25, 0.3) is 0 Å². The molecule has 15 heavy (non-hydrogen) atoms. The Morgan fingerprint density at radius 1 is 1.47 bits per heavy atom. The zero-order valence-electron chi connectivity index (χ0n) is 8.14. The second-order valence-electron chi connectivity index (χ2n) is 3.25. The number of nitrogens with one attached hydrogen (secondary N) is 1. The predicted molar refractivity (Wildman–Crippen MR) is 60.8 cm³/mol. The number of nitrogens with zero attached hydrogens (tertiary/aromatic N) is 1. The van der Waals surface area contributed by atoms with Gasteiger partial charge in [-0.3, -0.25) is 0 Å². The van der Waals surface area contributed by atoms with Gasteiger partial charge < -0.3 is 10.5 Å². The first-order valence-electron chi connectivity index (χ1n) is 4.77. The number of hydrogen-bond acceptors (Lipinski definition) is 4. The highest BCUT2D eigenvalue weighted by Gasteiger charge is 2.15. The molecule has 1 aliphatic heterocycles. The van der Waals surface area contributed by atoms with Crippen LogP contribution in [-0.2, 0) is 0 Å². The molecule has 0 aliphatic carbocycles. The Morgan fingerprint density at radius 2 is 2.27 bits per heavy atom. The van der Waals surface area contributed by atoms with E-state index in [1.807, 2.05) is 10.5 Å². The van der Waals surface area contributed by atoms with Crippen LogP contribution >= 0.6 is 11.9 Å². The van der Waals surface area contributed by atoms with Gasteiger partial charge in [0.05, 0.1) is 11.3 Å². The lowest BCUT2D eigenvalue weighted by Crippen LogP contribution is -2.20. The third-order valence-electron chi connectivity index (χ3n) is 2.16. The first-order valence-corrected chi connectivity index (χ1v) is 5.71. The Labute approximate surface area is 92.4 Å². The molecule has 1 fully saturated rings. The molecule has 0 radical (unpaired) electrons. The largest absolute Gasteiger partial charge is 0.478 e. The maximum absolute atomic E-state index is 10.9. The van der Waals surface area contributed by atoms with Crippen molar-refractivity contribution in [2.75, 3.05) is 17.7 Å². The van der Waals surface area contributed by atoms with Crippen LogP contribution in [0.4, 0.5) is 5.69 Å². The molecule has 0 atom stereocenters. The summed E-state index contributed by atoms with van der Waals surface area (Å²) in [6.45, 7) is 0.943. The van der Waals surface area contributed by atoms with Gasteiger partial charge in [0.15, 0.2) is 0 Å². The van der Waals surface area contributed by atoms with Gasteiger partial charge in [-0.05, 0) is 18.6 Å². The van der Waals surface area contributed by atoms with Crippen molar-refractivity contribution in [1.29, 1.82) is 0 Å². The lowest BCUT2D eigenvalue weighted by atomic mass is 10.2. The van der Waals surface area contributed by atoms with Crippen LogP contribution < -0.4 is 5.43 Å². The predicted octanol–water partition coefficient (Wildman–Crippen LogP) is 2.07. The van der Waals surface area contributed by atoms with Gasteiger partial charge in [0, 0.05) is 12.3 Å². The fourth-order valence-electron chi connectivity index (χ4n) is 1.44. The highest BCUT2D eigenvalue weighted by atomic mass is 32.2. The second-order valence-corrected chi connectivity index (χ2v) is 4.36. The average Bonchev–Trinajstić information content (AvgIpc) is 2.71. The van der Waals surface area contributed by atoms with E-state index in [1.165, 1.54) is 0 Å². The van der Waals surface area contributed by atoms with Crippen LogP contribution in [0.15, 0.2) is 24.3 Å². The monoisotopic (exact) mass is 224 g/mol. The number of carboxylic acid groups (broad SMARTS) is 1. The molecule has 80 valence electrons. The molecule has 0 amide bonds. The summed E-state index contributed by atoms with van der Waals surface area (Å²) in [6, 6.07) is 6.94. The van der Waals surface area contributed by atoms with E-state index in [0.29, 0.717) is 11.3 Å². The van der Waals surface area contributed by atoms with E-state index < -0.39 is 5.97 Å². The molecule has 2 N–H and O–H groups in total. The van der Waals surface area contributed by atoms with Crippen molar-refractivity contribution in [3.63, 3.8) is 0 Å². The van der Waals surface area contributed by atoms with Gasteiger partial charge in [-0.2, -0.15) is 4.41 Å². The lowest BCUT2D eigenvalue weighted by Gasteiger charge is -2.17. The van der Waals surface area contributed by atoms with Crippen molar-refractivity contribution in [1.82, 2.24) is 4.41 Å². The quantitative estimate of drug-likeness (QED) is 0.770. The zero-order valence-corrected chi connectivity index (χ0v) is 8.96. The number of hydrazine groups is 1. The van der Waals surface area contributed by atoms with Crippen molar-refractivity contribution < 1.29 is 9.90 Å². The minimum absolute atomic E-state index is 0.310. The molecule has 2 rings (SSSR count). The summed E-state index contributed by atoms with van der Waals surface area (Å²) in [5.74, 6) is 0.185. The first-order chi connectivity index (χ1) is 7.27. The molecule has 1 aliphatic rings. The van der Waals surface area contributed by atoms with Gasteiger partial charge in [0.25, 0.3) is 0 Å². The first kappa shape index (κ1) is 10.3. The van der Waals surface area contributed by atoms with Crippen LogP contribution in [0, 0.1) is 0 Å². The number of hydrogen-bond donors (Lipinski definition) is 2. The molecule has 4 nitrogen and oxygen atoms in total. The Hall–Kier alpha value is -1.20. The van der Waals surface area contributed by atoms with Gasteiger partial charge in [-0.1, -0.05) is 24.1 Å². The van der Waals surface area contributed by atoms with Crippen molar-refractivity contribution in [3.05, 3.63) is 29.8 Å². The van der Waals surface area contributed by atoms with E-state index in [9.17, 15) is 4.79 Å². The second kappa shape index (κ2) is 4.55. The van der Waals surface area contributed by atoms with Gasteiger partial charge in [-0.25, -0.2) is 4.79 Å². The highest BCUT2D eigenvalue weighted by Crippen LogP contribution is 2.23. The van der Waals surface area contributed by atoms with Gasteiger partial charge in [-0.15, -0.1) is 0 Å². The third-order valence-corrected chi connectivity index (χ3v) is 3.21. The molecule has 1 heterocycles. The Bertz CT molecular complexity index is 364. The van der Waals surface area contributed by atoms with Crippen LogP contribution in [0.3, 0.4) is 0 Å². The van der Waals surface area contributed by atoms with Gasteiger partial charge in [0.1, 0.15) is 0 Å². The normalized spacial score (nSPS) is 16.5. The number of benzene rings is 1. The van der Waals surface area contributed by atoms with Crippen molar-refractivity contribution >= 4 is 23.6 Å². The van der Waals surface area contributed by atoms with Crippen LogP contribution in [0.5, 0.6) is 0 Å². The van der Waals surface area contributed by atoms with E-state index in [0.717, 1.165) is 18.7 Å². The minimum atomic E-state index is -0.901. The highest BCUT2D eigenvalue weighted by molar-refractivity contribution is 7.97. The molecule has 0 aromatic heterocycles. The Kier molecular flexibility index (Phi) is 3.13. The molecular weight excluding hydrogens is 212 g/mol. The average molecular weight is 224 g/mol. The summed E-state index contributed by atoms with van der Waals surface area (Å²) in [4.78, 5) is 10.9. The Morgan fingerprint density at radius 3 is 2.93 bits per heavy atom. The smallest absolute Gasteiger partial charge is 0.337 e. The fourth-order valence-corrected chi connectivity index (χ4v) is 2.34. The zero-order chi connectivity index (χ0) is 10.7. The fraction of sp³-hybridized carbons (Fsp3) is 0.300. The number of anilines is 1. The molecule has 5 heteroatoms. The lowest BCUT2D eigenvalue weighted by molar-refractivity contribution is 0.0697. The third kappa shape index (κ3) is 2.43. The van der Waals surface area contributed by atoms with Crippen molar-refractivity contribution in [2.45, 2.75) is 6.42 Å². The maximum Gasteiger partial charge on any atom is 0.337 e. The summed E-state index contributed by atoms with van der Waals surface area (Å²) in [6.07, 6.45) is 1.13. The van der Waals surface area contributed by atoms with E-state index in [4.69, 9.17) is 5.11 Å². The van der Waals surface area contributed by atoms with E-state index in [-0.39, 0.29) is 0 Å². The van der Waals surface area contributed by atoms with Crippen LogP contribution in [0.2, 0.25) is 0 Å². The molecule has 1 aromatic carbocycles. The van der Waals surface area contributed by atoms with Crippen LogP contribution in [-0.4, -0.2) is 27.8 Å². The molecule has 0 saturated carbocycles. The molecule has 0 unspecified atom stereocenters. The Balaban J connectivity index is 2.15.